The third-order valence-corrected chi connectivity index (χ3v) is 7.93. The molecule has 0 bridgehead atoms. The summed E-state index contributed by atoms with van der Waals surface area (Å²) in [5.74, 6) is 1.43. The number of nitrogens with zero attached hydrogens (tertiary/aromatic N) is 1. The first kappa shape index (κ1) is 30.3. The van der Waals surface area contributed by atoms with Crippen molar-refractivity contribution < 1.29 is 24.1 Å². The summed E-state index contributed by atoms with van der Waals surface area (Å²) >= 11 is 3.68. The van der Waals surface area contributed by atoms with Crippen molar-refractivity contribution in [2.75, 3.05) is 20.3 Å². The highest BCUT2D eigenvalue weighted by molar-refractivity contribution is 9.10. The number of carbonyl (C=O) groups is 1. The minimum atomic E-state index is -1.34. The first-order chi connectivity index (χ1) is 21.0. The summed E-state index contributed by atoms with van der Waals surface area (Å²) in [6.45, 7) is 0.837. The molecule has 3 N–H and O–H groups in total. The molecule has 0 aromatic heterocycles. The second kappa shape index (κ2) is 14.3. The third kappa shape index (κ3) is 7.07. The van der Waals surface area contributed by atoms with Gasteiger partial charge in [0.1, 0.15) is 11.5 Å². The Morgan fingerprint density at radius 1 is 0.977 bits per heavy atom. The lowest BCUT2D eigenvalue weighted by Crippen LogP contribution is -2.53. The highest BCUT2D eigenvalue weighted by Crippen LogP contribution is 2.44. The molecule has 0 radical (unpaired) electrons. The molecule has 222 valence electrons. The van der Waals surface area contributed by atoms with Gasteiger partial charge < -0.3 is 19.3 Å². The second-order valence-electron chi connectivity index (χ2n) is 10.1. The van der Waals surface area contributed by atoms with E-state index in [-0.39, 0.29) is 12.5 Å². The zero-order valence-corrected chi connectivity index (χ0v) is 25.4. The zero-order chi connectivity index (χ0) is 30.1. The Morgan fingerprint density at radius 2 is 1.70 bits per heavy atom. The molecule has 0 fully saturated rings. The number of aliphatic imine (C=N–C) groups is 1. The quantitative estimate of drug-likeness (QED) is 0.131. The molecule has 1 amide bonds. The van der Waals surface area contributed by atoms with E-state index in [2.05, 4.69) is 26.8 Å². The van der Waals surface area contributed by atoms with Crippen molar-refractivity contribution in [3.8, 4) is 11.5 Å². The molecule has 1 aliphatic heterocycles. The summed E-state index contributed by atoms with van der Waals surface area (Å²) in [7, 11) is 1.62. The number of hydrogen-bond acceptors (Lipinski definition) is 7. The fraction of sp³-hybridized carbons (Fsp3) is 0.235. The van der Waals surface area contributed by atoms with Crippen molar-refractivity contribution in [1.82, 2.24) is 10.9 Å². The SMILES string of the molecule is COc1ccccc1CNNC(=O)[C@@]1(Cc2ccccc2)N=C(c2ccc(OCCCO)cc2)O[C@H]1c1ccccc1Br. The van der Waals surface area contributed by atoms with Gasteiger partial charge in [0.25, 0.3) is 5.91 Å². The Labute approximate surface area is 259 Å². The van der Waals surface area contributed by atoms with Crippen LogP contribution in [0.4, 0.5) is 0 Å². The number of aliphatic hydroxyl groups is 1. The molecule has 0 spiro atoms. The van der Waals surface area contributed by atoms with Crippen LogP contribution >= 0.6 is 15.9 Å². The van der Waals surface area contributed by atoms with E-state index in [9.17, 15) is 4.79 Å². The van der Waals surface area contributed by atoms with Crippen LogP contribution < -0.4 is 20.3 Å². The van der Waals surface area contributed by atoms with Crippen LogP contribution in [0.15, 0.2) is 113 Å². The lowest BCUT2D eigenvalue weighted by atomic mass is 9.82. The monoisotopic (exact) mass is 643 g/mol. The van der Waals surface area contributed by atoms with Crippen LogP contribution in [0.1, 0.15) is 34.8 Å². The maximum atomic E-state index is 14.3. The molecule has 0 saturated heterocycles. The highest BCUT2D eigenvalue weighted by Gasteiger charge is 2.53. The van der Waals surface area contributed by atoms with E-state index in [1.54, 1.807) is 7.11 Å². The Morgan fingerprint density at radius 3 is 2.44 bits per heavy atom. The van der Waals surface area contributed by atoms with Crippen LogP contribution in [0.5, 0.6) is 11.5 Å². The summed E-state index contributed by atoms with van der Waals surface area (Å²) in [6, 6.07) is 32.6. The number of aliphatic hydroxyl groups excluding tert-OH is 1. The number of methoxy groups -OCH3 is 1. The van der Waals surface area contributed by atoms with Crippen LogP contribution in [0.2, 0.25) is 0 Å². The maximum absolute atomic E-state index is 14.3. The Balaban J connectivity index is 1.51. The summed E-state index contributed by atoms with van der Waals surface area (Å²) in [6.07, 6.45) is 0.119. The van der Waals surface area contributed by atoms with E-state index >= 15 is 0 Å². The average Bonchev–Trinajstić information content (AvgIpc) is 3.42. The Hall–Kier alpha value is -4.18. The topological polar surface area (TPSA) is 101 Å². The van der Waals surface area contributed by atoms with E-state index in [1.165, 1.54) is 0 Å². The number of hydrogen-bond donors (Lipinski definition) is 3. The van der Waals surface area contributed by atoms with Crippen molar-refractivity contribution in [3.05, 3.63) is 130 Å². The van der Waals surface area contributed by atoms with Gasteiger partial charge in [-0.25, -0.2) is 10.4 Å². The van der Waals surface area contributed by atoms with Crippen LogP contribution in [-0.2, 0) is 22.5 Å². The molecule has 8 nitrogen and oxygen atoms in total. The predicted octanol–water partition coefficient (Wildman–Crippen LogP) is 5.54. The number of carbonyl (C=O) groups excluding carboxylic acids is 1. The average molecular weight is 645 g/mol. The van der Waals surface area contributed by atoms with E-state index in [0.29, 0.717) is 37.6 Å². The van der Waals surface area contributed by atoms with Crippen molar-refractivity contribution in [2.45, 2.75) is 31.0 Å². The minimum Gasteiger partial charge on any atom is -0.496 e. The summed E-state index contributed by atoms with van der Waals surface area (Å²) in [5.41, 5.74) is 8.04. The molecule has 2 atom stereocenters. The van der Waals surface area contributed by atoms with Crippen LogP contribution in [0.3, 0.4) is 0 Å². The fourth-order valence-electron chi connectivity index (χ4n) is 5.03. The Bertz CT molecular complexity index is 1550. The molecule has 4 aromatic carbocycles. The fourth-order valence-corrected chi connectivity index (χ4v) is 5.52. The highest BCUT2D eigenvalue weighted by atomic mass is 79.9. The molecule has 4 aromatic rings. The molecule has 0 saturated carbocycles. The molecular weight excluding hydrogens is 610 g/mol. The van der Waals surface area contributed by atoms with Gasteiger partial charge in [0.15, 0.2) is 11.6 Å². The zero-order valence-electron chi connectivity index (χ0n) is 23.8. The standard InChI is InChI=1S/C34H34BrN3O5/c1-41-30-15-8-5-12-26(30)23-36-38-33(40)34(22-24-10-3-2-4-11-24)31(28-13-6-7-14-29(28)35)43-32(37-34)25-16-18-27(19-17-25)42-21-9-20-39/h2-8,10-19,31,36,39H,9,20-23H2,1H3,(H,38,40)/t31-,34-/m0/s1. The van der Waals surface area contributed by atoms with E-state index in [1.807, 2.05) is 103 Å². The van der Waals surface area contributed by atoms with Gasteiger partial charge in [-0.05, 0) is 42.0 Å². The number of nitrogens with one attached hydrogen (secondary N) is 2. The van der Waals surface area contributed by atoms with E-state index < -0.39 is 11.6 Å². The largest absolute Gasteiger partial charge is 0.496 e. The minimum absolute atomic E-state index is 0.0679. The van der Waals surface area contributed by atoms with Gasteiger partial charge in [-0.3, -0.25) is 10.2 Å². The molecule has 1 aliphatic rings. The first-order valence-corrected chi connectivity index (χ1v) is 14.9. The number of ether oxygens (including phenoxy) is 3. The lowest BCUT2D eigenvalue weighted by molar-refractivity contribution is -0.130. The summed E-state index contributed by atoms with van der Waals surface area (Å²) in [4.78, 5) is 19.4. The first-order valence-electron chi connectivity index (χ1n) is 14.1. The number of para-hydroxylation sites is 1. The Kier molecular flexibility index (Phi) is 10.1. The lowest BCUT2D eigenvalue weighted by Gasteiger charge is -2.31. The number of hydrazine groups is 1. The van der Waals surface area contributed by atoms with Crippen LogP contribution in [-0.4, -0.2) is 42.8 Å². The van der Waals surface area contributed by atoms with Gasteiger partial charge in [0.2, 0.25) is 5.90 Å². The van der Waals surface area contributed by atoms with Crippen LogP contribution in [0, 0.1) is 0 Å². The molecule has 1 heterocycles. The van der Waals surface area contributed by atoms with Gasteiger partial charge in [0, 0.05) is 47.2 Å². The van der Waals surface area contributed by atoms with Gasteiger partial charge in [-0.2, -0.15) is 0 Å². The van der Waals surface area contributed by atoms with Gasteiger partial charge in [0.05, 0.1) is 13.7 Å². The number of benzene rings is 4. The van der Waals surface area contributed by atoms with Gasteiger partial charge in [-0.1, -0.05) is 82.7 Å². The second-order valence-corrected chi connectivity index (χ2v) is 10.9. The van der Waals surface area contributed by atoms with E-state index in [0.717, 1.165) is 32.5 Å². The molecule has 9 heteroatoms. The normalized spacial score (nSPS) is 17.6. The van der Waals surface area contributed by atoms with Gasteiger partial charge in [-0.15, -0.1) is 0 Å². The molecule has 43 heavy (non-hydrogen) atoms. The summed E-state index contributed by atoms with van der Waals surface area (Å²) < 4.78 is 18.6. The maximum Gasteiger partial charge on any atom is 0.266 e. The molecule has 0 unspecified atom stereocenters. The molecule has 5 rings (SSSR count). The molecule has 0 aliphatic carbocycles. The van der Waals surface area contributed by atoms with Crippen molar-refractivity contribution >= 4 is 27.7 Å². The van der Waals surface area contributed by atoms with Crippen molar-refractivity contribution in [3.63, 3.8) is 0 Å². The number of rotatable bonds is 13. The predicted molar refractivity (Wildman–Crippen MR) is 169 cm³/mol. The van der Waals surface area contributed by atoms with Crippen molar-refractivity contribution in [2.24, 2.45) is 4.99 Å². The number of amides is 1. The van der Waals surface area contributed by atoms with Gasteiger partial charge >= 0.3 is 0 Å². The summed E-state index contributed by atoms with van der Waals surface area (Å²) in [5, 5.41) is 9.05. The van der Waals surface area contributed by atoms with Crippen molar-refractivity contribution in [1.29, 1.82) is 0 Å². The smallest absolute Gasteiger partial charge is 0.266 e. The van der Waals surface area contributed by atoms with Crippen LogP contribution in [0.25, 0.3) is 0 Å². The third-order valence-electron chi connectivity index (χ3n) is 7.21. The van der Waals surface area contributed by atoms with E-state index in [4.69, 9.17) is 24.3 Å². The molecular formula is C34H34BrN3O5. The number of halogens is 1.